The molecule has 1 aromatic heterocycles. The number of nitrogens with one attached hydrogen (secondary N) is 1. The zero-order valence-corrected chi connectivity index (χ0v) is 19.7. The van der Waals surface area contributed by atoms with Gasteiger partial charge in [0.1, 0.15) is 23.5 Å². The minimum absolute atomic E-state index is 0.0541. The lowest BCUT2D eigenvalue weighted by Gasteiger charge is -2.32. The van der Waals surface area contributed by atoms with Gasteiger partial charge in [-0.3, -0.25) is 4.79 Å². The first kappa shape index (κ1) is 23.6. The summed E-state index contributed by atoms with van der Waals surface area (Å²) >= 11 is 6.03. The molecular weight excluding hydrogens is 445 g/mol. The lowest BCUT2D eigenvalue weighted by molar-refractivity contribution is 0.0769. The fourth-order valence-electron chi connectivity index (χ4n) is 4.43. The Morgan fingerprint density at radius 3 is 2.79 bits per heavy atom. The van der Waals surface area contributed by atoms with Crippen molar-refractivity contribution < 1.29 is 13.9 Å². The summed E-state index contributed by atoms with van der Waals surface area (Å²) < 4.78 is 20.2. The van der Waals surface area contributed by atoms with Gasteiger partial charge in [-0.25, -0.2) is 14.4 Å². The van der Waals surface area contributed by atoms with Gasteiger partial charge >= 0.3 is 0 Å². The van der Waals surface area contributed by atoms with Crippen LogP contribution in [0.1, 0.15) is 54.0 Å². The van der Waals surface area contributed by atoms with Crippen molar-refractivity contribution in [3.05, 3.63) is 52.3 Å². The number of likely N-dealkylation sites (tertiary alicyclic amines) is 2. The highest BCUT2D eigenvalue weighted by Gasteiger charge is 2.35. The standard InChI is InChI=1S/C24H29ClFN5O2/c1-3-8-30-9-6-17(7-10-30)33-22-11-16(26)4-5-18(22)24(32)31-13-19(21(27)14-31)23-28-12-20(25)15(2)29-23/h4-5,11-12,17,19,27H,3,6-10,13-14H2,1-2H3. The molecule has 0 bridgehead atoms. The van der Waals surface area contributed by atoms with Gasteiger partial charge in [-0.1, -0.05) is 18.5 Å². The molecule has 2 aliphatic heterocycles. The van der Waals surface area contributed by atoms with Gasteiger partial charge in [-0.2, -0.15) is 0 Å². The molecule has 0 saturated carbocycles. The van der Waals surface area contributed by atoms with Gasteiger partial charge in [0.2, 0.25) is 0 Å². The molecule has 2 fully saturated rings. The van der Waals surface area contributed by atoms with Crippen LogP contribution in [0.15, 0.2) is 24.4 Å². The molecule has 9 heteroatoms. The van der Waals surface area contributed by atoms with E-state index >= 15 is 0 Å². The molecule has 2 aromatic rings. The van der Waals surface area contributed by atoms with Gasteiger partial charge in [-0.05, 0) is 44.9 Å². The highest BCUT2D eigenvalue weighted by atomic mass is 35.5. The van der Waals surface area contributed by atoms with Gasteiger partial charge in [0, 0.05) is 37.6 Å². The summed E-state index contributed by atoms with van der Waals surface area (Å²) in [6.45, 7) is 7.33. The Labute approximate surface area is 198 Å². The van der Waals surface area contributed by atoms with Crippen LogP contribution in [0, 0.1) is 18.2 Å². The zero-order chi connectivity index (χ0) is 23.5. The van der Waals surface area contributed by atoms with Crippen LogP contribution in [0.25, 0.3) is 0 Å². The van der Waals surface area contributed by atoms with E-state index in [2.05, 4.69) is 21.8 Å². The number of nitrogens with zero attached hydrogens (tertiary/aromatic N) is 4. The maximum atomic E-state index is 14.0. The first-order valence-corrected chi connectivity index (χ1v) is 11.8. The van der Waals surface area contributed by atoms with Crippen molar-refractivity contribution in [3.63, 3.8) is 0 Å². The molecule has 2 aliphatic rings. The molecular formula is C24H29ClFN5O2. The highest BCUT2D eigenvalue weighted by molar-refractivity contribution is 6.31. The van der Waals surface area contributed by atoms with Crippen molar-refractivity contribution in [2.75, 3.05) is 32.7 Å². The van der Waals surface area contributed by atoms with Crippen molar-refractivity contribution in [3.8, 4) is 5.75 Å². The number of carbonyl (C=O) groups excluding carboxylic acids is 1. The van der Waals surface area contributed by atoms with Gasteiger partial charge in [0.15, 0.2) is 0 Å². The number of halogens is 2. The van der Waals surface area contributed by atoms with Gasteiger partial charge in [0.05, 0.1) is 28.7 Å². The Bertz CT molecular complexity index is 1040. The number of hydrogen-bond acceptors (Lipinski definition) is 6. The third kappa shape index (κ3) is 5.33. The maximum Gasteiger partial charge on any atom is 0.257 e. The number of aromatic nitrogens is 2. The molecule has 176 valence electrons. The summed E-state index contributed by atoms with van der Waals surface area (Å²) in [5.41, 5.74) is 1.31. The van der Waals surface area contributed by atoms with Crippen molar-refractivity contribution in [2.45, 2.75) is 45.1 Å². The van der Waals surface area contributed by atoms with E-state index in [1.54, 1.807) is 11.8 Å². The van der Waals surface area contributed by atoms with Crippen LogP contribution in [0.4, 0.5) is 4.39 Å². The van der Waals surface area contributed by atoms with E-state index in [1.807, 2.05) is 0 Å². The minimum Gasteiger partial charge on any atom is -0.489 e. The largest absolute Gasteiger partial charge is 0.489 e. The molecule has 4 rings (SSSR count). The molecule has 0 spiro atoms. The molecule has 1 amide bonds. The van der Waals surface area contributed by atoms with E-state index in [-0.39, 0.29) is 30.9 Å². The van der Waals surface area contributed by atoms with Crippen molar-refractivity contribution >= 4 is 23.2 Å². The van der Waals surface area contributed by atoms with Crippen LogP contribution in [0.2, 0.25) is 5.02 Å². The Balaban J connectivity index is 1.48. The maximum absolute atomic E-state index is 14.0. The average molecular weight is 474 g/mol. The molecule has 1 aromatic carbocycles. The second-order valence-electron chi connectivity index (χ2n) is 8.72. The summed E-state index contributed by atoms with van der Waals surface area (Å²) in [4.78, 5) is 26.0. The van der Waals surface area contributed by atoms with Crippen molar-refractivity contribution in [1.29, 1.82) is 5.41 Å². The summed E-state index contributed by atoms with van der Waals surface area (Å²) in [6.07, 6.45) is 4.26. The van der Waals surface area contributed by atoms with E-state index < -0.39 is 11.7 Å². The van der Waals surface area contributed by atoms with E-state index in [4.69, 9.17) is 21.7 Å². The molecule has 33 heavy (non-hydrogen) atoms. The molecule has 1 unspecified atom stereocenters. The van der Waals surface area contributed by atoms with Crippen LogP contribution >= 0.6 is 11.6 Å². The summed E-state index contributed by atoms with van der Waals surface area (Å²) in [5, 5.41) is 8.86. The van der Waals surface area contributed by atoms with Gasteiger partial charge < -0.3 is 19.9 Å². The number of carbonyl (C=O) groups is 1. The fraction of sp³-hybridized carbons (Fsp3) is 0.500. The minimum atomic E-state index is -0.443. The van der Waals surface area contributed by atoms with E-state index in [1.165, 1.54) is 24.4 Å². The molecule has 1 N–H and O–H groups in total. The number of aryl methyl sites for hydroxylation is 1. The predicted octanol–water partition coefficient (Wildman–Crippen LogP) is 4.09. The number of ether oxygens (including phenoxy) is 1. The van der Waals surface area contributed by atoms with E-state index in [9.17, 15) is 9.18 Å². The number of rotatable bonds is 6. The molecule has 3 heterocycles. The average Bonchev–Trinajstić information content (AvgIpc) is 3.18. The first-order valence-electron chi connectivity index (χ1n) is 11.4. The Hall–Kier alpha value is -2.58. The molecule has 1 atom stereocenters. The first-order chi connectivity index (χ1) is 15.9. The monoisotopic (exact) mass is 473 g/mol. The second kappa shape index (κ2) is 10.1. The Morgan fingerprint density at radius 1 is 1.33 bits per heavy atom. The van der Waals surface area contributed by atoms with Crippen LogP contribution in [0.5, 0.6) is 5.75 Å². The van der Waals surface area contributed by atoms with Gasteiger partial charge in [-0.15, -0.1) is 0 Å². The Morgan fingerprint density at radius 2 is 2.09 bits per heavy atom. The van der Waals surface area contributed by atoms with Crippen LogP contribution in [-0.2, 0) is 0 Å². The third-order valence-electron chi connectivity index (χ3n) is 6.26. The number of benzene rings is 1. The van der Waals surface area contributed by atoms with Crippen molar-refractivity contribution in [2.24, 2.45) is 0 Å². The normalized spacial score (nSPS) is 19.8. The second-order valence-corrected chi connectivity index (χ2v) is 9.13. The van der Waals surface area contributed by atoms with Crippen LogP contribution < -0.4 is 4.74 Å². The lowest BCUT2D eigenvalue weighted by Crippen LogP contribution is -2.39. The van der Waals surface area contributed by atoms with E-state index in [0.717, 1.165) is 38.9 Å². The van der Waals surface area contributed by atoms with E-state index in [0.29, 0.717) is 27.8 Å². The molecule has 7 nitrogen and oxygen atoms in total. The Kier molecular flexibility index (Phi) is 7.24. The van der Waals surface area contributed by atoms with Crippen LogP contribution in [0.3, 0.4) is 0 Å². The fourth-order valence-corrected chi connectivity index (χ4v) is 4.52. The quantitative estimate of drug-likeness (QED) is 0.683. The van der Waals surface area contributed by atoms with Crippen LogP contribution in [-0.4, -0.2) is 70.2 Å². The summed E-state index contributed by atoms with van der Waals surface area (Å²) in [6, 6.07) is 4.03. The summed E-state index contributed by atoms with van der Waals surface area (Å²) in [7, 11) is 0. The number of amides is 1. The predicted molar refractivity (Wildman–Crippen MR) is 125 cm³/mol. The third-order valence-corrected chi connectivity index (χ3v) is 6.63. The molecule has 0 aliphatic carbocycles. The SMILES string of the molecule is CCCN1CCC(Oc2cc(F)ccc2C(=O)N2CC(=N)C(c3ncc(Cl)c(C)n3)C2)CC1. The lowest BCUT2D eigenvalue weighted by atomic mass is 10.1. The van der Waals surface area contributed by atoms with Crippen molar-refractivity contribution in [1.82, 2.24) is 19.8 Å². The molecule has 0 radical (unpaired) electrons. The summed E-state index contributed by atoms with van der Waals surface area (Å²) in [5.74, 6) is -0.375. The topological polar surface area (TPSA) is 82.4 Å². The number of piperidine rings is 1. The highest BCUT2D eigenvalue weighted by Crippen LogP contribution is 2.29. The zero-order valence-electron chi connectivity index (χ0n) is 19.0. The molecule has 2 saturated heterocycles. The smallest absolute Gasteiger partial charge is 0.257 e. The van der Waals surface area contributed by atoms with Gasteiger partial charge in [0.25, 0.3) is 5.91 Å². The number of hydrogen-bond donors (Lipinski definition) is 1.